The van der Waals surface area contributed by atoms with Crippen molar-refractivity contribution < 1.29 is 13.2 Å². The predicted octanol–water partition coefficient (Wildman–Crippen LogP) is 2.01. The van der Waals surface area contributed by atoms with Crippen LogP contribution in [0.1, 0.15) is 26.2 Å². The molecule has 2 nitrogen and oxygen atoms in total. The third-order valence-corrected chi connectivity index (χ3v) is 2.69. The summed E-state index contributed by atoms with van der Waals surface area (Å²) in [7, 11) is 0. The highest BCUT2D eigenvalue weighted by molar-refractivity contribution is 4.82. The van der Waals surface area contributed by atoms with Crippen LogP contribution in [0.4, 0.5) is 13.2 Å². The summed E-state index contributed by atoms with van der Waals surface area (Å²) >= 11 is 0. The summed E-state index contributed by atoms with van der Waals surface area (Å²) in [6.07, 6.45) is -1.28. The third kappa shape index (κ3) is 4.84. The van der Waals surface area contributed by atoms with Crippen LogP contribution in [-0.2, 0) is 0 Å². The fourth-order valence-corrected chi connectivity index (χ4v) is 2.01. The van der Waals surface area contributed by atoms with Crippen molar-refractivity contribution in [3.63, 3.8) is 0 Å². The first kappa shape index (κ1) is 12.8. The maximum Gasteiger partial charge on any atom is 0.401 e. The van der Waals surface area contributed by atoms with Crippen LogP contribution in [0, 0.1) is 0 Å². The van der Waals surface area contributed by atoms with Crippen molar-refractivity contribution in [2.75, 3.05) is 26.2 Å². The molecule has 1 rings (SSSR count). The molecule has 1 atom stereocenters. The molecule has 90 valence electrons. The summed E-state index contributed by atoms with van der Waals surface area (Å²) in [5, 5.41) is 3.18. The highest BCUT2D eigenvalue weighted by Crippen LogP contribution is 2.23. The number of nitrogens with one attached hydrogen (secondary N) is 1. The van der Waals surface area contributed by atoms with Crippen molar-refractivity contribution in [3.8, 4) is 0 Å². The number of rotatable bonds is 5. The van der Waals surface area contributed by atoms with Crippen LogP contribution in [-0.4, -0.2) is 43.3 Å². The minimum Gasteiger partial charge on any atom is -0.315 e. The molecule has 0 amide bonds. The van der Waals surface area contributed by atoms with E-state index in [4.69, 9.17) is 0 Å². The van der Waals surface area contributed by atoms with Crippen LogP contribution in [0.3, 0.4) is 0 Å². The second-order valence-corrected chi connectivity index (χ2v) is 4.09. The summed E-state index contributed by atoms with van der Waals surface area (Å²) < 4.78 is 36.6. The minimum atomic E-state index is -4.06. The van der Waals surface area contributed by atoms with E-state index in [9.17, 15) is 13.2 Å². The van der Waals surface area contributed by atoms with Crippen LogP contribution >= 0.6 is 0 Å². The monoisotopic (exact) mass is 224 g/mol. The summed E-state index contributed by atoms with van der Waals surface area (Å²) in [6.45, 7) is 3.44. The molecule has 5 heteroatoms. The summed E-state index contributed by atoms with van der Waals surface area (Å²) in [5.41, 5.74) is 0. The molecule has 0 bridgehead atoms. The summed E-state index contributed by atoms with van der Waals surface area (Å²) in [4.78, 5) is 1.54. The Hall–Kier alpha value is -0.290. The van der Waals surface area contributed by atoms with Gasteiger partial charge in [0.1, 0.15) is 0 Å². The Kier molecular flexibility index (Phi) is 4.86. The number of nitrogens with zero attached hydrogens (tertiary/aromatic N) is 1. The van der Waals surface area contributed by atoms with Gasteiger partial charge in [0.2, 0.25) is 0 Å². The molecule has 0 aromatic heterocycles. The Morgan fingerprint density at radius 2 is 2.13 bits per heavy atom. The van der Waals surface area contributed by atoms with Gasteiger partial charge < -0.3 is 5.32 Å². The fourth-order valence-electron chi connectivity index (χ4n) is 2.01. The van der Waals surface area contributed by atoms with Gasteiger partial charge in [-0.05, 0) is 32.4 Å². The van der Waals surface area contributed by atoms with E-state index in [1.807, 2.05) is 0 Å². The Morgan fingerprint density at radius 3 is 2.73 bits per heavy atom. The van der Waals surface area contributed by atoms with Gasteiger partial charge in [-0.3, -0.25) is 4.90 Å². The topological polar surface area (TPSA) is 15.3 Å². The molecule has 0 aromatic carbocycles. The van der Waals surface area contributed by atoms with Crippen molar-refractivity contribution in [1.29, 1.82) is 0 Å². The van der Waals surface area contributed by atoms with Crippen LogP contribution in [0.2, 0.25) is 0 Å². The molecule has 0 aliphatic carbocycles. The van der Waals surface area contributed by atoms with Gasteiger partial charge >= 0.3 is 6.18 Å². The zero-order chi connectivity index (χ0) is 11.3. The van der Waals surface area contributed by atoms with Gasteiger partial charge in [-0.2, -0.15) is 13.2 Å². The van der Waals surface area contributed by atoms with E-state index in [1.165, 1.54) is 0 Å². The highest BCUT2D eigenvalue weighted by Gasteiger charge is 2.35. The van der Waals surface area contributed by atoms with E-state index in [2.05, 4.69) is 12.2 Å². The molecule has 0 radical (unpaired) electrons. The first-order valence-electron chi connectivity index (χ1n) is 5.54. The van der Waals surface area contributed by atoms with Crippen molar-refractivity contribution in [3.05, 3.63) is 0 Å². The van der Waals surface area contributed by atoms with Crippen LogP contribution < -0.4 is 5.32 Å². The lowest BCUT2D eigenvalue weighted by Crippen LogP contribution is -2.42. The maximum atomic E-state index is 12.2. The Bertz CT molecular complexity index is 182. The number of halogens is 3. The first-order valence-corrected chi connectivity index (χ1v) is 5.54. The van der Waals surface area contributed by atoms with Crippen molar-refractivity contribution in [2.45, 2.75) is 38.4 Å². The van der Waals surface area contributed by atoms with Crippen molar-refractivity contribution in [1.82, 2.24) is 10.2 Å². The average Bonchev–Trinajstić information content (AvgIpc) is 2.50. The van der Waals surface area contributed by atoms with Crippen LogP contribution in [0.5, 0.6) is 0 Å². The lowest BCUT2D eigenvalue weighted by Gasteiger charge is -2.25. The maximum absolute atomic E-state index is 12.2. The smallest absolute Gasteiger partial charge is 0.315 e. The fraction of sp³-hybridized carbons (Fsp3) is 1.00. The zero-order valence-electron chi connectivity index (χ0n) is 9.11. The number of likely N-dealkylation sites (tertiary alicyclic amines) is 1. The van der Waals surface area contributed by atoms with E-state index in [-0.39, 0.29) is 6.04 Å². The zero-order valence-corrected chi connectivity index (χ0v) is 9.11. The Balaban J connectivity index is 2.29. The van der Waals surface area contributed by atoms with E-state index < -0.39 is 12.7 Å². The number of hydrogen-bond donors (Lipinski definition) is 1. The van der Waals surface area contributed by atoms with Crippen LogP contribution in [0.25, 0.3) is 0 Å². The molecule has 1 aliphatic rings. The van der Waals surface area contributed by atoms with Gasteiger partial charge in [-0.25, -0.2) is 0 Å². The normalized spacial score (nSPS) is 23.6. The minimum absolute atomic E-state index is 0.0678. The highest BCUT2D eigenvalue weighted by atomic mass is 19.4. The van der Waals surface area contributed by atoms with Gasteiger partial charge in [0.15, 0.2) is 0 Å². The molecular formula is C10H19F3N2. The number of alkyl halides is 3. The third-order valence-electron chi connectivity index (χ3n) is 2.69. The van der Waals surface area contributed by atoms with Crippen molar-refractivity contribution in [2.24, 2.45) is 0 Å². The molecule has 1 heterocycles. The van der Waals surface area contributed by atoms with E-state index in [0.29, 0.717) is 13.1 Å². The number of hydrogen-bond acceptors (Lipinski definition) is 2. The van der Waals surface area contributed by atoms with E-state index in [0.717, 1.165) is 25.8 Å². The lowest BCUT2D eigenvalue weighted by atomic mass is 10.2. The Labute approximate surface area is 88.8 Å². The molecule has 1 saturated heterocycles. The summed E-state index contributed by atoms with van der Waals surface area (Å²) in [5.74, 6) is 0. The quantitative estimate of drug-likeness (QED) is 0.719. The summed E-state index contributed by atoms with van der Waals surface area (Å²) in [6, 6.07) is 0.0678. The molecule has 1 N–H and O–H groups in total. The molecule has 0 spiro atoms. The van der Waals surface area contributed by atoms with Gasteiger partial charge in [-0.1, -0.05) is 6.92 Å². The molecule has 15 heavy (non-hydrogen) atoms. The van der Waals surface area contributed by atoms with Gasteiger partial charge in [-0.15, -0.1) is 0 Å². The van der Waals surface area contributed by atoms with Crippen LogP contribution in [0.15, 0.2) is 0 Å². The molecule has 0 aromatic rings. The molecule has 0 saturated carbocycles. The Morgan fingerprint density at radius 1 is 1.40 bits per heavy atom. The molecular weight excluding hydrogens is 205 g/mol. The average molecular weight is 224 g/mol. The largest absolute Gasteiger partial charge is 0.401 e. The lowest BCUT2D eigenvalue weighted by molar-refractivity contribution is -0.147. The second-order valence-electron chi connectivity index (χ2n) is 4.09. The molecule has 1 aliphatic heterocycles. The van der Waals surface area contributed by atoms with Gasteiger partial charge in [0, 0.05) is 12.6 Å². The predicted molar refractivity (Wildman–Crippen MR) is 53.8 cm³/mol. The van der Waals surface area contributed by atoms with E-state index >= 15 is 0 Å². The standard InChI is InChI=1S/C10H19F3N2/c1-2-5-14-7-9-4-3-6-15(9)8-10(11,12)13/h9,14H,2-8H2,1H3. The van der Waals surface area contributed by atoms with Gasteiger partial charge in [0.25, 0.3) is 0 Å². The van der Waals surface area contributed by atoms with E-state index in [1.54, 1.807) is 4.90 Å². The molecule has 1 fully saturated rings. The van der Waals surface area contributed by atoms with Crippen molar-refractivity contribution >= 4 is 0 Å². The second kappa shape index (κ2) is 5.70. The van der Waals surface area contributed by atoms with Gasteiger partial charge in [0.05, 0.1) is 6.54 Å². The molecule has 1 unspecified atom stereocenters. The SMILES string of the molecule is CCCNCC1CCCN1CC(F)(F)F. The first-order chi connectivity index (χ1) is 7.03.